The van der Waals surface area contributed by atoms with Gasteiger partial charge in [0.05, 0.1) is 25.4 Å². The number of ether oxygens (including phenoxy) is 1. The average Bonchev–Trinajstić information content (AvgIpc) is 2.65. The molecule has 7 heteroatoms. The van der Waals surface area contributed by atoms with Crippen LogP contribution in [0, 0.1) is 6.92 Å². The van der Waals surface area contributed by atoms with Crippen LogP contribution >= 0.6 is 24.0 Å². The number of aryl methyl sites for hydroxylation is 1. The van der Waals surface area contributed by atoms with Gasteiger partial charge in [-0.2, -0.15) is 0 Å². The maximum atomic E-state index is 10.7. The first-order valence-electron chi connectivity index (χ1n) is 10.0. The second kappa shape index (κ2) is 12.6. The molecule has 1 heterocycles. The van der Waals surface area contributed by atoms with Gasteiger partial charge in [0.15, 0.2) is 5.96 Å². The van der Waals surface area contributed by atoms with Crippen LogP contribution in [0.5, 0.6) is 0 Å². The Morgan fingerprint density at radius 1 is 1.25 bits per heavy atom. The van der Waals surface area contributed by atoms with Crippen molar-refractivity contribution in [2.75, 3.05) is 52.5 Å². The Kier molecular flexibility index (Phi) is 11.3. The molecule has 1 aromatic rings. The van der Waals surface area contributed by atoms with Crippen molar-refractivity contribution in [2.45, 2.75) is 39.2 Å². The molecule has 160 valence electrons. The molecule has 3 N–H and O–H groups in total. The lowest BCUT2D eigenvalue weighted by Gasteiger charge is -2.33. The minimum Gasteiger partial charge on any atom is -0.387 e. The smallest absolute Gasteiger partial charge is 0.191 e. The van der Waals surface area contributed by atoms with Gasteiger partial charge in [-0.05, 0) is 32.3 Å². The van der Waals surface area contributed by atoms with Gasteiger partial charge in [0.25, 0.3) is 0 Å². The summed E-state index contributed by atoms with van der Waals surface area (Å²) in [5.41, 5.74) is 1.72. The van der Waals surface area contributed by atoms with Crippen LogP contribution in [0.2, 0.25) is 0 Å². The molecule has 0 aromatic heterocycles. The Balaban J connectivity index is 0.00000392. The molecule has 2 atom stereocenters. The van der Waals surface area contributed by atoms with Crippen molar-refractivity contribution >= 4 is 29.9 Å². The van der Waals surface area contributed by atoms with E-state index < -0.39 is 5.60 Å². The van der Waals surface area contributed by atoms with Gasteiger partial charge >= 0.3 is 0 Å². The molecule has 0 amide bonds. The molecule has 0 bridgehead atoms. The number of β-amino-alcohol motifs (C(OH)–C–C–N with tert-alkyl or cyclic N) is 1. The van der Waals surface area contributed by atoms with Crippen LogP contribution in [-0.4, -0.2) is 74.0 Å². The summed E-state index contributed by atoms with van der Waals surface area (Å²) in [6, 6.07) is 8.65. The molecule has 1 saturated heterocycles. The van der Waals surface area contributed by atoms with Crippen LogP contribution in [0.1, 0.15) is 37.8 Å². The van der Waals surface area contributed by atoms with E-state index in [0.29, 0.717) is 19.0 Å². The van der Waals surface area contributed by atoms with E-state index in [0.717, 1.165) is 45.4 Å². The van der Waals surface area contributed by atoms with E-state index >= 15 is 0 Å². The monoisotopic (exact) mass is 504 g/mol. The first-order valence-corrected chi connectivity index (χ1v) is 10.0. The second-order valence-electron chi connectivity index (χ2n) is 7.77. The lowest BCUT2D eigenvalue weighted by atomic mass is 10.0. The highest BCUT2D eigenvalue weighted by atomic mass is 127. The predicted octanol–water partition coefficient (Wildman–Crippen LogP) is 2.35. The van der Waals surface area contributed by atoms with Gasteiger partial charge in [-0.25, -0.2) is 0 Å². The van der Waals surface area contributed by atoms with Crippen molar-refractivity contribution in [3.8, 4) is 0 Å². The summed E-state index contributed by atoms with van der Waals surface area (Å²) in [5.74, 6) is 1.13. The predicted molar refractivity (Wildman–Crippen MR) is 127 cm³/mol. The second-order valence-corrected chi connectivity index (χ2v) is 7.77. The minimum atomic E-state index is -0.859. The van der Waals surface area contributed by atoms with Gasteiger partial charge in [0, 0.05) is 32.7 Å². The number of hydrogen-bond acceptors (Lipinski definition) is 4. The Bertz CT molecular complexity index is 587. The maximum absolute atomic E-state index is 10.7. The molecular formula is C21H37IN4O2. The Morgan fingerprint density at radius 3 is 2.50 bits per heavy atom. The van der Waals surface area contributed by atoms with Crippen LogP contribution in [0.25, 0.3) is 0 Å². The Hall–Kier alpha value is -0.900. The quantitative estimate of drug-likeness (QED) is 0.288. The molecule has 1 aromatic carbocycles. The van der Waals surface area contributed by atoms with Crippen LogP contribution in [0.15, 0.2) is 29.3 Å². The lowest BCUT2D eigenvalue weighted by Crippen LogP contribution is -2.48. The van der Waals surface area contributed by atoms with Crippen LogP contribution in [-0.2, 0) is 4.74 Å². The lowest BCUT2D eigenvalue weighted by molar-refractivity contribution is -0.0179. The summed E-state index contributed by atoms with van der Waals surface area (Å²) in [4.78, 5) is 6.85. The number of nitrogens with one attached hydrogen (secondary N) is 2. The van der Waals surface area contributed by atoms with Gasteiger partial charge in [-0.3, -0.25) is 9.89 Å². The topological polar surface area (TPSA) is 69.1 Å². The first kappa shape index (κ1) is 25.1. The third-order valence-electron chi connectivity index (χ3n) is 4.81. The third kappa shape index (κ3) is 9.07. The van der Waals surface area contributed by atoms with Gasteiger partial charge in [-0.15, -0.1) is 24.0 Å². The number of aliphatic imine (C=N–C) groups is 1. The van der Waals surface area contributed by atoms with Gasteiger partial charge in [0.2, 0.25) is 0 Å². The zero-order valence-electron chi connectivity index (χ0n) is 17.7. The van der Waals surface area contributed by atoms with E-state index in [2.05, 4.69) is 58.6 Å². The van der Waals surface area contributed by atoms with E-state index in [9.17, 15) is 5.11 Å². The Morgan fingerprint density at radius 2 is 1.89 bits per heavy atom. The van der Waals surface area contributed by atoms with E-state index in [1.165, 1.54) is 11.1 Å². The average molecular weight is 504 g/mol. The number of rotatable bonds is 8. The molecular weight excluding hydrogens is 467 g/mol. The van der Waals surface area contributed by atoms with E-state index in [1.54, 1.807) is 0 Å². The molecule has 1 aliphatic heterocycles. The third-order valence-corrected chi connectivity index (χ3v) is 4.81. The summed E-state index contributed by atoms with van der Waals surface area (Å²) in [6.07, 6.45) is 0. The number of aliphatic hydroxyl groups is 1. The summed E-state index contributed by atoms with van der Waals surface area (Å²) < 4.78 is 5.37. The number of hydrogen-bond donors (Lipinski definition) is 3. The largest absolute Gasteiger partial charge is 0.387 e. The molecule has 0 radical (unpaired) electrons. The highest BCUT2D eigenvalue weighted by Gasteiger charge is 2.25. The van der Waals surface area contributed by atoms with E-state index in [4.69, 9.17) is 4.74 Å². The first-order chi connectivity index (χ1) is 12.9. The number of morpholine rings is 1. The van der Waals surface area contributed by atoms with Gasteiger partial charge < -0.3 is 20.5 Å². The molecule has 0 saturated carbocycles. The maximum Gasteiger partial charge on any atom is 0.191 e. The minimum absolute atomic E-state index is 0. The molecule has 2 unspecified atom stereocenters. The molecule has 6 nitrogen and oxygen atoms in total. The van der Waals surface area contributed by atoms with Crippen molar-refractivity contribution in [2.24, 2.45) is 4.99 Å². The highest BCUT2D eigenvalue weighted by Crippen LogP contribution is 2.15. The fraction of sp³-hybridized carbons (Fsp3) is 0.667. The molecule has 0 aliphatic carbocycles. The summed E-state index contributed by atoms with van der Waals surface area (Å²) >= 11 is 0. The number of benzene rings is 1. The van der Waals surface area contributed by atoms with Crippen LogP contribution < -0.4 is 10.6 Å². The summed E-state index contributed by atoms with van der Waals surface area (Å²) in [7, 11) is 0. The van der Waals surface area contributed by atoms with Crippen molar-refractivity contribution < 1.29 is 9.84 Å². The normalized spacial score (nSPS) is 18.7. The highest BCUT2D eigenvalue weighted by molar-refractivity contribution is 14.0. The zero-order chi connectivity index (χ0) is 19.7. The fourth-order valence-corrected chi connectivity index (χ4v) is 3.14. The SMILES string of the molecule is CCNC(=NCC(C)(O)CN1CCOCC1)NCC(C)c1ccc(C)cc1.I. The van der Waals surface area contributed by atoms with Crippen molar-refractivity contribution in [3.05, 3.63) is 35.4 Å². The molecule has 0 spiro atoms. The molecule has 2 rings (SSSR count). The van der Waals surface area contributed by atoms with Crippen molar-refractivity contribution in [1.82, 2.24) is 15.5 Å². The fourth-order valence-electron chi connectivity index (χ4n) is 3.14. The van der Waals surface area contributed by atoms with Gasteiger partial charge in [0.1, 0.15) is 0 Å². The van der Waals surface area contributed by atoms with Crippen molar-refractivity contribution in [1.29, 1.82) is 0 Å². The number of halogens is 1. The van der Waals surface area contributed by atoms with Crippen molar-refractivity contribution in [3.63, 3.8) is 0 Å². The molecule has 1 fully saturated rings. The van der Waals surface area contributed by atoms with Crippen LogP contribution in [0.4, 0.5) is 0 Å². The summed E-state index contributed by atoms with van der Waals surface area (Å²) in [5, 5.41) is 17.4. The molecule has 28 heavy (non-hydrogen) atoms. The zero-order valence-corrected chi connectivity index (χ0v) is 20.0. The van der Waals surface area contributed by atoms with E-state index in [-0.39, 0.29) is 24.0 Å². The van der Waals surface area contributed by atoms with Crippen LogP contribution in [0.3, 0.4) is 0 Å². The Labute approximate surface area is 187 Å². The van der Waals surface area contributed by atoms with E-state index in [1.807, 2.05) is 13.8 Å². The number of nitrogens with zero attached hydrogens (tertiary/aromatic N) is 2. The summed E-state index contributed by atoms with van der Waals surface area (Å²) in [6.45, 7) is 14.0. The standard InChI is InChI=1S/C21H36N4O2.HI/c1-5-22-20(23-14-18(3)19-8-6-17(2)7-9-19)24-15-21(4,26)16-25-10-12-27-13-11-25;/h6-9,18,26H,5,10-16H2,1-4H3,(H2,22,23,24);1H. The van der Waals surface area contributed by atoms with Gasteiger partial charge in [-0.1, -0.05) is 36.8 Å². The number of guanidine groups is 1. The molecule has 1 aliphatic rings.